The van der Waals surface area contributed by atoms with Gasteiger partial charge < -0.3 is 24.3 Å². The molecule has 1 aromatic heterocycles. The number of anilines is 2. The van der Waals surface area contributed by atoms with Crippen molar-refractivity contribution in [2.24, 2.45) is 0 Å². The average Bonchev–Trinajstić information content (AvgIpc) is 3.70. The van der Waals surface area contributed by atoms with Gasteiger partial charge in [-0.25, -0.2) is 4.79 Å². The Morgan fingerprint density at radius 2 is 1.70 bits per heavy atom. The number of ether oxygens (including phenoxy) is 2. The van der Waals surface area contributed by atoms with Gasteiger partial charge in [0.05, 0.1) is 37.0 Å². The van der Waals surface area contributed by atoms with Crippen LogP contribution >= 0.6 is 11.6 Å². The number of methoxy groups -OCH3 is 2. The molecule has 1 saturated carbocycles. The first-order chi connectivity index (χ1) is 19.5. The molecule has 3 amide bonds. The third-order valence-electron chi connectivity index (χ3n) is 7.38. The van der Waals surface area contributed by atoms with Gasteiger partial charge in [-0.05, 0) is 66.9 Å². The van der Waals surface area contributed by atoms with Crippen LogP contribution in [0.4, 0.5) is 16.2 Å². The molecule has 8 nitrogen and oxygen atoms in total. The zero-order valence-electron chi connectivity index (χ0n) is 22.2. The fourth-order valence-electron chi connectivity index (χ4n) is 5.29. The summed E-state index contributed by atoms with van der Waals surface area (Å²) < 4.78 is 12.8. The molecule has 3 aromatic carbocycles. The molecule has 6 rings (SSSR count). The van der Waals surface area contributed by atoms with Crippen LogP contribution in [0.15, 0.2) is 85.1 Å². The molecule has 1 unspecified atom stereocenters. The number of nitrogens with one attached hydrogen (secondary N) is 1. The maximum Gasteiger partial charge on any atom is 0.322 e. The minimum atomic E-state index is -0.388. The monoisotopic (exact) mass is 556 g/mol. The van der Waals surface area contributed by atoms with E-state index in [0.717, 1.165) is 35.5 Å². The lowest BCUT2D eigenvalue weighted by molar-refractivity contribution is -0.119. The number of aromatic nitrogens is 1. The van der Waals surface area contributed by atoms with Gasteiger partial charge >= 0.3 is 6.03 Å². The van der Waals surface area contributed by atoms with E-state index in [9.17, 15) is 9.59 Å². The minimum absolute atomic E-state index is 0.00827. The number of amides is 3. The molecular weight excluding hydrogens is 528 g/mol. The molecule has 0 spiro atoms. The fraction of sp³-hybridized carbons (Fsp3) is 0.226. The standard InChI is InChI=1S/C31H29ClN4O4/c1-39-23-15-16-24(28(18-23)40-2)33-31(38)35(22-13-14-22)19-29(37)36-26-7-4-3-6-25(26)34-17-5-8-27(34)30(36)20-9-11-21(32)12-10-20/h3-12,15-18,22,30H,13-14,19H2,1-2H3,(H,33,38). The SMILES string of the molecule is COc1ccc(NC(=O)N(CC(=O)N2c3ccccc3-n3cccc3C2c2ccc(Cl)cc2)C2CC2)c(OC)c1. The van der Waals surface area contributed by atoms with Gasteiger partial charge in [0, 0.05) is 23.3 Å². The van der Waals surface area contributed by atoms with Crippen LogP contribution in [0.25, 0.3) is 5.69 Å². The first-order valence-corrected chi connectivity index (χ1v) is 13.5. The molecule has 0 saturated heterocycles. The Kier molecular flexibility index (Phi) is 6.86. The van der Waals surface area contributed by atoms with E-state index in [1.807, 2.05) is 71.8 Å². The topological polar surface area (TPSA) is 76.0 Å². The van der Waals surface area contributed by atoms with Crippen molar-refractivity contribution < 1.29 is 19.1 Å². The molecule has 1 N–H and O–H groups in total. The van der Waals surface area contributed by atoms with Gasteiger partial charge in [-0.3, -0.25) is 9.69 Å². The number of carbonyl (C=O) groups is 2. The lowest BCUT2D eigenvalue weighted by atomic mass is 9.97. The van der Waals surface area contributed by atoms with Crippen LogP contribution in [0.1, 0.15) is 30.1 Å². The summed E-state index contributed by atoms with van der Waals surface area (Å²) in [5.74, 6) is 0.915. The Balaban J connectivity index is 1.33. The molecule has 0 radical (unpaired) electrons. The third kappa shape index (κ3) is 4.75. The molecule has 2 aliphatic rings. The second-order valence-electron chi connectivity index (χ2n) is 9.87. The van der Waals surface area contributed by atoms with Gasteiger partial charge in [0.15, 0.2) is 0 Å². The summed E-state index contributed by atoms with van der Waals surface area (Å²) in [6.45, 7) is -0.0753. The number of fused-ring (bicyclic) bond motifs is 3. The zero-order chi connectivity index (χ0) is 27.8. The first kappa shape index (κ1) is 25.8. The van der Waals surface area contributed by atoms with Gasteiger partial charge in [-0.15, -0.1) is 0 Å². The van der Waals surface area contributed by atoms with Crippen molar-refractivity contribution in [3.8, 4) is 17.2 Å². The van der Waals surface area contributed by atoms with Crippen LogP contribution < -0.4 is 19.7 Å². The Labute approximate surface area is 237 Å². The second kappa shape index (κ2) is 10.6. The largest absolute Gasteiger partial charge is 0.497 e. The third-order valence-corrected chi connectivity index (χ3v) is 7.63. The normalized spacial score (nSPS) is 15.6. The summed E-state index contributed by atoms with van der Waals surface area (Å²) in [7, 11) is 3.10. The van der Waals surface area contributed by atoms with Gasteiger partial charge in [0.1, 0.15) is 24.1 Å². The number of urea groups is 1. The van der Waals surface area contributed by atoms with E-state index in [1.165, 1.54) is 7.11 Å². The highest BCUT2D eigenvalue weighted by molar-refractivity contribution is 6.30. The zero-order valence-corrected chi connectivity index (χ0v) is 23.0. The van der Waals surface area contributed by atoms with Crippen molar-refractivity contribution in [1.82, 2.24) is 9.47 Å². The quantitative estimate of drug-likeness (QED) is 0.291. The Morgan fingerprint density at radius 3 is 2.40 bits per heavy atom. The number of hydrogen-bond donors (Lipinski definition) is 1. The Bertz CT molecular complexity index is 1560. The highest BCUT2D eigenvalue weighted by Crippen LogP contribution is 2.43. The number of nitrogens with zero attached hydrogens (tertiary/aromatic N) is 3. The molecule has 40 heavy (non-hydrogen) atoms. The molecule has 204 valence electrons. The molecule has 1 aliphatic carbocycles. The smallest absolute Gasteiger partial charge is 0.322 e. The van der Waals surface area contributed by atoms with Crippen molar-refractivity contribution >= 4 is 34.9 Å². The van der Waals surface area contributed by atoms with Crippen molar-refractivity contribution in [2.45, 2.75) is 24.9 Å². The molecule has 1 atom stereocenters. The van der Waals surface area contributed by atoms with E-state index in [-0.39, 0.29) is 30.6 Å². The van der Waals surface area contributed by atoms with Crippen LogP contribution in [-0.4, -0.2) is 48.2 Å². The summed E-state index contributed by atoms with van der Waals surface area (Å²) in [5.41, 5.74) is 4.08. The summed E-state index contributed by atoms with van der Waals surface area (Å²) in [6, 6.07) is 23.8. The predicted octanol–water partition coefficient (Wildman–Crippen LogP) is 6.28. The summed E-state index contributed by atoms with van der Waals surface area (Å²) in [6.07, 6.45) is 3.70. The Hall–Kier alpha value is -4.43. The number of rotatable bonds is 7. The van der Waals surface area contributed by atoms with Crippen molar-refractivity contribution in [2.75, 3.05) is 31.0 Å². The lowest BCUT2D eigenvalue weighted by Crippen LogP contribution is -2.48. The average molecular weight is 557 g/mol. The molecule has 2 heterocycles. The molecule has 0 bridgehead atoms. The van der Waals surface area contributed by atoms with Crippen LogP contribution in [0.2, 0.25) is 5.02 Å². The summed E-state index contributed by atoms with van der Waals surface area (Å²) >= 11 is 6.21. The van der Waals surface area contributed by atoms with Crippen LogP contribution in [0.3, 0.4) is 0 Å². The van der Waals surface area contributed by atoms with Gasteiger partial charge in [-0.1, -0.05) is 35.9 Å². The van der Waals surface area contributed by atoms with E-state index in [1.54, 1.807) is 30.2 Å². The van der Waals surface area contributed by atoms with Crippen molar-refractivity contribution in [3.63, 3.8) is 0 Å². The lowest BCUT2D eigenvalue weighted by Gasteiger charge is -2.39. The molecule has 1 fully saturated rings. The number of halogens is 1. The van der Waals surface area contributed by atoms with E-state index in [0.29, 0.717) is 22.2 Å². The molecule has 4 aromatic rings. The van der Waals surface area contributed by atoms with Gasteiger partial charge in [-0.2, -0.15) is 0 Å². The number of benzene rings is 3. The van der Waals surface area contributed by atoms with Crippen molar-refractivity contribution in [1.29, 1.82) is 0 Å². The van der Waals surface area contributed by atoms with Crippen LogP contribution in [0, 0.1) is 0 Å². The van der Waals surface area contributed by atoms with Crippen molar-refractivity contribution in [3.05, 3.63) is 101 Å². The van der Waals surface area contributed by atoms with Gasteiger partial charge in [0.25, 0.3) is 0 Å². The molecular formula is C31H29ClN4O4. The number of hydrogen-bond acceptors (Lipinski definition) is 4. The number of para-hydroxylation sites is 2. The van der Waals surface area contributed by atoms with E-state index >= 15 is 0 Å². The van der Waals surface area contributed by atoms with E-state index in [4.69, 9.17) is 21.1 Å². The first-order valence-electron chi connectivity index (χ1n) is 13.1. The fourth-order valence-corrected chi connectivity index (χ4v) is 5.41. The highest BCUT2D eigenvalue weighted by atomic mass is 35.5. The van der Waals surface area contributed by atoms with E-state index < -0.39 is 0 Å². The molecule has 1 aliphatic heterocycles. The van der Waals surface area contributed by atoms with Gasteiger partial charge in [0.2, 0.25) is 5.91 Å². The Morgan fingerprint density at radius 1 is 0.950 bits per heavy atom. The van der Waals surface area contributed by atoms with E-state index in [2.05, 4.69) is 9.88 Å². The van der Waals surface area contributed by atoms with Crippen LogP contribution in [-0.2, 0) is 4.79 Å². The highest BCUT2D eigenvalue weighted by Gasteiger charge is 2.40. The maximum absolute atomic E-state index is 14.3. The maximum atomic E-state index is 14.3. The number of carbonyl (C=O) groups excluding carboxylic acids is 2. The predicted molar refractivity (Wildman–Crippen MR) is 155 cm³/mol. The molecule has 9 heteroatoms. The summed E-state index contributed by atoms with van der Waals surface area (Å²) in [5, 5.41) is 3.56. The minimum Gasteiger partial charge on any atom is -0.497 e. The summed E-state index contributed by atoms with van der Waals surface area (Å²) in [4.78, 5) is 31.3. The van der Waals surface area contributed by atoms with Crippen LogP contribution in [0.5, 0.6) is 11.5 Å². The second-order valence-corrected chi connectivity index (χ2v) is 10.3.